The molecule has 0 spiro atoms. The van der Waals surface area contributed by atoms with E-state index in [0.29, 0.717) is 17.9 Å². The van der Waals surface area contributed by atoms with Crippen molar-refractivity contribution in [2.75, 3.05) is 13.7 Å². The van der Waals surface area contributed by atoms with Crippen LogP contribution in [0.25, 0.3) is 0 Å². The van der Waals surface area contributed by atoms with Gasteiger partial charge in [-0.05, 0) is 37.5 Å². The fraction of sp³-hybridized carbons (Fsp3) is 0.682. The monoisotopic (exact) mass is 365 g/mol. The molecule has 0 heterocycles. The predicted molar refractivity (Wildman–Crippen MR) is 110 cm³/mol. The number of carbonyl (C=O) groups is 1. The van der Waals surface area contributed by atoms with Crippen LogP contribution in [-0.2, 0) is 4.74 Å². The van der Waals surface area contributed by atoms with E-state index in [2.05, 4.69) is 6.92 Å². The molecule has 4 nitrogen and oxygen atoms in total. The summed E-state index contributed by atoms with van der Waals surface area (Å²) < 4.78 is 10.8. The molecule has 0 saturated heterocycles. The third-order valence-corrected chi connectivity index (χ3v) is 4.83. The summed E-state index contributed by atoms with van der Waals surface area (Å²) in [5.74, 6) is 0.351. The Morgan fingerprint density at radius 1 is 0.885 bits per heavy atom. The van der Waals surface area contributed by atoms with Crippen molar-refractivity contribution in [3.63, 3.8) is 0 Å². The molecule has 0 unspecified atom stereocenters. The zero-order chi connectivity index (χ0) is 18.5. The third kappa shape index (κ3) is 8.70. The van der Waals surface area contributed by atoms with Gasteiger partial charge in [0.1, 0.15) is 11.3 Å². The van der Waals surface area contributed by atoms with Gasteiger partial charge in [0, 0.05) is 0 Å². The van der Waals surface area contributed by atoms with Gasteiger partial charge in [-0.3, -0.25) is 0 Å². The highest BCUT2D eigenvalue weighted by atomic mass is 16.5. The number of aryl methyl sites for hydroxylation is 1. The Kier molecular flexibility index (Phi) is 13.7. The lowest BCUT2D eigenvalue weighted by Crippen LogP contribution is -2.09. The van der Waals surface area contributed by atoms with Crippen molar-refractivity contribution in [3.8, 4) is 5.75 Å². The highest BCUT2D eigenvalue weighted by Gasteiger charge is 2.16. The second-order valence-corrected chi connectivity index (χ2v) is 6.91. The van der Waals surface area contributed by atoms with E-state index in [-0.39, 0.29) is 12.1 Å². The third-order valence-electron chi connectivity index (χ3n) is 4.83. The molecule has 4 heteroatoms. The minimum atomic E-state index is -0.282. The maximum absolute atomic E-state index is 12.2. The zero-order valence-corrected chi connectivity index (χ0v) is 17.4. The van der Waals surface area contributed by atoms with Gasteiger partial charge in [0.15, 0.2) is 0 Å². The largest absolute Gasteiger partial charge is 0.496 e. The van der Waals surface area contributed by atoms with Gasteiger partial charge in [0.2, 0.25) is 0 Å². The first-order valence-electron chi connectivity index (χ1n) is 9.93. The smallest absolute Gasteiger partial charge is 0.341 e. The number of unbranched alkanes of at least 4 members (excludes halogenated alkanes) is 9. The van der Waals surface area contributed by atoms with Gasteiger partial charge in [-0.2, -0.15) is 0 Å². The fourth-order valence-electron chi connectivity index (χ4n) is 3.05. The van der Waals surface area contributed by atoms with E-state index in [1.807, 2.05) is 19.9 Å². The van der Waals surface area contributed by atoms with Gasteiger partial charge in [-0.25, -0.2) is 4.79 Å². The molecule has 1 rings (SSSR count). The number of ether oxygens (including phenoxy) is 2. The molecule has 0 radical (unpaired) electrons. The van der Waals surface area contributed by atoms with Crippen LogP contribution >= 0.6 is 0 Å². The van der Waals surface area contributed by atoms with Gasteiger partial charge in [-0.1, -0.05) is 70.8 Å². The molecule has 0 aliphatic rings. The van der Waals surface area contributed by atoms with Gasteiger partial charge >= 0.3 is 5.97 Å². The van der Waals surface area contributed by atoms with Crippen LogP contribution in [0.1, 0.15) is 92.6 Å². The standard InChI is InChI=1S/C22H36O3.H3N/c1-5-6-7-8-9-10-11-12-13-14-17-25-22(23)20-16-15-18(2)19(3)21(20)24-4;/h15-16H,5-14,17H2,1-4H3;1H3. The SMILES string of the molecule is CCCCCCCCCCCCOC(=O)c1ccc(C)c(C)c1OC.N. The van der Waals surface area contributed by atoms with Crippen molar-refractivity contribution in [1.29, 1.82) is 0 Å². The second-order valence-electron chi connectivity index (χ2n) is 6.91. The summed E-state index contributed by atoms with van der Waals surface area (Å²) in [7, 11) is 1.60. The van der Waals surface area contributed by atoms with E-state index in [1.165, 1.54) is 51.4 Å². The second kappa shape index (κ2) is 14.6. The lowest BCUT2D eigenvalue weighted by atomic mass is 10.0. The van der Waals surface area contributed by atoms with Gasteiger partial charge in [-0.15, -0.1) is 0 Å². The Balaban J connectivity index is 0.00000625. The fourth-order valence-corrected chi connectivity index (χ4v) is 3.05. The maximum Gasteiger partial charge on any atom is 0.341 e. The van der Waals surface area contributed by atoms with Crippen LogP contribution in [-0.4, -0.2) is 19.7 Å². The summed E-state index contributed by atoms with van der Waals surface area (Å²) in [6.07, 6.45) is 12.7. The molecule has 0 atom stereocenters. The lowest BCUT2D eigenvalue weighted by Gasteiger charge is -2.13. The van der Waals surface area contributed by atoms with Crippen LogP contribution in [0.15, 0.2) is 12.1 Å². The summed E-state index contributed by atoms with van der Waals surface area (Å²) in [6.45, 7) is 6.72. The number of methoxy groups -OCH3 is 1. The highest BCUT2D eigenvalue weighted by molar-refractivity contribution is 5.93. The Morgan fingerprint density at radius 2 is 1.42 bits per heavy atom. The van der Waals surface area contributed by atoms with Crippen LogP contribution in [0.3, 0.4) is 0 Å². The molecule has 3 N–H and O–H groups in total. The van der Waals surface area contributed by atoms with Crippen LogP contribution < -0.4 is 10.9 Å². The maximum atomic E-state index is 12.2. The molecule has 0 aliphatic heterocycles. The Bertz CT molecular complexity index is 514. The molecule has 0 bridgehead atoms. The zero-order valence-electron chi connectivity index (χ0n) is 17.4. The molecular weight excluding hydrogens is 326 g/mol. The van der Waals surface area contributed by atoms with Crippen molar-refractivity contribution >= 4 is 5.97 Å². The quantitative estimate of drug-likeness (QED) is 0.318. The molecule has 0 aliphatic carbocycles. The van der Waals surface area contributed by atoms with Crippen molar-refractivity contribution < 1.29 is 14.3 Å². The van der Waals surface area contributed by atoms with E-state index in [1.54, 1.807) is 13.2 Å². The number of hydrogen-bond donors (Lipinski definition) is 1. The predicted octanol–water partition coefficient (Wildman–Crippen LogP) is 6.55. The van der Waals surface area contributed by atoms with Crippen LogP contribution in [0, 0.1) is 13.8 Å². The van der Waals surface area contributed by atoms with Crippen molar-refractivity contribution in [2.24, 2.45) is 0 Å². The summed E-state index contributed by atoms with van der Waals surface area (Å²) in [6, 6.07) is 3.73. The number of carbonyl (C=O) groups excluding carboxylic acids is 1. The number of hydrogen-bond acceptors (Lipinski definition) is 4. The Morgan fingerprint density at radius 3 is 1.96 bits per heavy atom. The molecule has 0 amide bonds. The average Bonchev–Trinajstić information content (AvgIpc) is 2.61. The first-order valence-corrected chi connectivity index (χ1v) is 9.93. The van der Waals surface area contributed by atoms with Crippen molar-refractivity contribution in [1.82, 2.24) is 6.15 Å². The van der Waals surface area contributed by atoms with Crippen molar-refractivity contribution in [2.45, 2.75) is 85.0 Å². The summed E-state index contributed by atoms with van der Waals surface area (Å²) >= 11 is 0. The van der Waals surface area contributed by atoms with E-state index >= 15 is 0 Å². The minimum Gasteiger partial charge on any atom is -0.496 e. The highest BCUT2D eigenvalue weighted by Crippen LogP contribution is 2.26. The van der Waals surface area contributed by atoms with E-state index in [9.17, 15) is 4.79 Å². The summed E-state index contributed by atoms with van der Waals surface area (Å²) in [5, 5.41) is 0. The van der Waals surface area contributed by atoms with E-state index in [0.717, 1.165) is 24.0 Å². The van der Waals surface area contributed by atoms with E-state index in [4.69, 9.17) is 9.47 Å². The Labute approximate surface area is 160 Å². The van der Waals surface area contributed by atoms with E-state index < -0.39 is 0 Å². The van der Waals surface area contributed by atoms with Crippen LogP contribution in [0.4, 0.5) is 0 Å². The number of rotatable bonds is 13. The first-order chi connectivity index (χ1) is 12.1. The number of benzene rings is 1. The topological polar surface area (TPSA) is 70.5 Å². The Hall–Kier alpha value is -1.55. The average molecular weight is 366 g/mol. The molecule has 26 heavy (non-hydrogen) atoms. The molecule has 0 saturated carbocycles. The first kappa shape index (κ1) is 24.5. The van der Waals surface area contributed by atoms with Gasteiger partial charge in [0.25, 0.3) is 0 Å². The molecule has 150 valence electrons. The molecular formula is C22H39NO3. The molecule has 1 aromatic rings. The molecule has 0 aromatic heterocycles. The molecule has 0 fully saturated rings. The minimum absolute atomic E-state index is 0. The number of esters is 1. The normalized spacial score (nSPS) is 10.3. The van der Waals surface area contributed by atoms with Crippen LogP contribution in [0.2, 0.25) is 0 Å². The van der Waals surface area contributed by atoms with Gasteiger partial charge in [0.05, 0.1) is 13.7 Å². The summed E-state index contributed by atoms with van der Waals surface area (Å²) in [4.78, 5) is 12.2. The molecule has 1 aromatic carbocycles. The van der Waals surface area contributed by atoms with Gasteiger partial charge < -0.3 is 15.6 Å². The lowest BCUT2D eigenvalue weighted by molar-refractivity contribution is 0.0494. The van der Waals surface area contributed by atoms with Crippen molar-refractivity contribution in [3.05, 3.63) is 28.8 Å². The summed E-state index contributed by atoms with van der Waals surface area (Å²) in [5.41, 5.74) is 2.64. The van der Waals surface area contributed by atoms with Crippen LogP contribution in [0.5, 0.6) is 5.75 Å².